The van der Waals surface area contributed by atoms with Crippen molar-refractivity contribution in [3.8, 4) is 5.75 Å². The van der Waals surface area contributed by atoms with Crippen LogP contribution in [0, 0.1) is 0 Å². The van der Waals surface area contributed by atoms with Crippen molar-refractivity contribution < 1.29 is 31.0 Å². The molecule has 0 saturated heterocycles. The van der Waals surface area contributed by atoms with Crippen LogP contribution in [0.3, 0.4) is 0 Å². The molecule has 0 aliphatic heterocycles. The number of fused-ring (bicyclic) bond motifs is 2. The van der Waals surface area contributed by atoms with Gasteiger partial charge in [0.25, 0.3) is 20.2 Å². The zero-order valence-electron chi connectivity index (χ0n) is 15.3. The quantitative estimate of drug-likeness (QED) is 0.269. The number of anilines is 1. The Labute approximate surface area is 172 Å². The van der Waals surface area contributed by atoms with Crippen LogP contribution >= 0.6 is 0 Å². The summed E-state index contributed by atoms with van der Waals surface area (Å²) in [5.74, 6) is -0.217. The molecule has 10 heteroatoms. The fourth-order valence-electron chi connectivity index (χ4n) is 2.91. The van der Waals surface area contributed by atoms with E-state index < -0.39 is 20.2 Å². The molecule has 0 unspecified atom stereocenters. The van der Waals surface area contributed by atoms with Gasteiger partial charge in [-0.25, -0.2) is 0 Å². The molecule has 0 aromatic heterocycles. The zero-order chi connectivity index (χ0) is 22.1. The molecule has 0 heterocycles. The molecule has 0 bridgehead atoms. The lowest BCUT2D eigenvalue weighted by atomic mass is 10.1. The first-order valence-electron chi connectivity index (χ1n) is 8.42. The van der Waals surface area contributed by atoms with Gasteiger partial charge in [-0.3, -0.25) is 9.11 Å². The van der Waals surface area contributed by atoms with Crippen molar-refractivity contribution in [2.45, 2.75) is 9.79 Å². The molecule has 0 atom stereocenters. The molecule has 0 aliphatic rings. The molecular weight excluding hydrogens is 430 g/mol. The van der Waals surface area contributed by atoms with E-state index >= 15 is 0 Å². The van der Waals surface area contributed by atoms with Gasteiger partial charge in [0.15, 0.2) is 0 Å². The highest BCUT2D eigenvalue weighted by atomic mass is 32.2. The summed E-state index contributed by atoms with van der Waals surface area (Å²) in [4.78, 5) is -0.404. The summed E-state index contributed by atoms with van der Waals surface area (Å²) in [6.45, 7) is 0. The summed E-state index contributed by atoms with van der Waals surface area (Å²) in [5.41, 5.74) is 5.98. The Kier molecular flexibility index (Phi) is 5.68. The zero-order valence-corrected chi connectivity index (χ0v) is 16.9. The molecule has 4 aromatic carbocycles. The first kappa shape index (κ1) is 21.5. The minimum absolute atomic E-state index is 0.0457. The third-order valence-electron chi connectivity index (χ3n) is 4.25. The van der Waals surface area contributed by atoms with Gasteiger partial charge >= 0.3 is 0 Å². The molecule has 4 aromatic rings. The molecule has 156 valence electrons. The van der Waals surface area contributed by atoms with Crippen LogP contribution in [0.5, 0.6) is 5.75 Å². The number of phenolic OH excluding ortho intramolecular Hbond substituents is 1. The number of nitrogens with two attached hydrogens (primary N) is 1. The van der Waals surface area contributed by atoms with E-state index in [0.29, 0.717) is 21.8 Å². The Morgan fingerprint density at radius 2 is 1.33 bits per heavy atom. The van der Waals surface area contributed by atoms with Gasteiger partial charge in [-0.2, -0.15) is 16.8 Å². The minimum atomic E-state index is -4.33. The second kappa shape index (κ2) is 7.92. The Balaban J connectivity index is 0.000000172. The fourth-order valence-corrected chi connectivity index (χ4v) is 4.16. The van der Waals surface area contributed by atoms with E-state index in [-0.39, 0.29) is 15.5 Å². The Morgan fingerprint density at radius 1 is 0.667 bits per heavy atom. The minimum Gasteiger partial charge on any atom is -0.507 e. The van der Waals surface area contributed by atoms with Gasteiger partial charge in [-0.05, 0) is 41.1 Å². The van der Waals surface area contributed by atoms with Crippen molar-refractivity contribution >= 4 is 47.5 Å². The Bertz CT molecular complexity index is 1460. The molecule has 8 nitrogen and oxygen atoms in total. The SMILES string of the molecule is Nc1ccc2c(O)cc(S(=O)(=O)O)cc2c1.O=S(=O)(O)c1cccc2ccccc12. The number of aromatic hydroxyl groups is 1. The van der Waals surface area contributed by atoms with Crippen LogP contribution in [0.15, 0.2) is 82.6 Å². The maximum atomic E-state index is 11.0. The van der Waals surface area contributed by atoms with Crippen LogP contribution in [0.1, 0.15) is 0 Å². The van der Waals surface area contributed by atoms with Crippen molar-refractivity contribution in [2.75, 3.05) is 5.73 Å². The Hall–Kier alpha value is -3.18. The monoisotopic (exact) mass is 447 g/mol. The number of nitrogen functional groups attached to an aromatic ring is 1. The van der Waals surface area contributed by atoms with Crippen LogP contribution in [0.25, 0.3) is 21.5 Å². The molecule has 5 N–H and O–H groups in total. The second-order valence-electron chi connectivity index (χ2n) is 6.35. The second-order valence-corrected chi connectivity index (χ2v) is 9.16. The van der Waals surface area contributed by atoms with Gasteiger partial charge in [0.1, 0.15) is 10.6 Å². The molecule has 0 saturated carbocycles. The summed E-state index contributed by atoms with van der Waals surface area (Å²) in [7, 11) is -8.46. The van der Waals surface area contributed by atoms with E-state index in [0.717, 1.165) is 11.5 Å². The highest BCUT2D eigenvalue weighted by Crippen LogP contribution is 2.29. The normalized spacial score (nSPS) is 11.8. The number of rotatable bonds is 2. The van der Waals surface area contributed by atoms with Crippen LogP contribution in [-0.2, 0) is 20.2 Å². The fraction of sp³-hybridized carbons (Fsp3) is 0. The van der Waals surface area contributed by atoms with E-state index in [1.165, 1.54) is 18.2 Å². The maximum absolute atomic E-state index is 11.0. The third kappa shape index (κ3) is 4.69. The van der Waals surface area contributed by atoms with Crippen LogP contribution in [0.4, 0.5) is 5.69 Å². The lowest BCUT2D eigenvalue weighted by Crippen LogP contribution is -1.98. The highest BCUT2D eigenvalue weighted by molar-refractivity contribution is 7.86. The number of hydrogen-bond donors (Lipinski definition) is 4. The van der Waals surface area contributed by atoms with E-state index in [4.69, 9.17) is 14.8 Å². The van der Waals surface area contributed by atoms with Crippen molar-refractivity contribution in [1.82, 2.24) is 0 Å². The van der Waals surface area contributed by atoms with E-state index in [2.05, 4.69) is 0 Å². The lowest BCUT2D eigenvalue weighted by Gasteiger charge is -2.04. The largest absolute Gasteiger partial charge is 0.507 e. The topological polar surface area (TPSA) is 155 Å². The van der Waals surface area contributed by atoms with Gasteiger partial charge < -0.3 is 10.8 Å². The van der Waals surface area contributed by atoms with Crippen molar-refractivity contribution in [2.24, 2.45) is 0 Å². The van der Waals surface area contributed by atoms with Gasteiger partial charge in [-0.15, -0.1) is 0 Å². The number of benzene rings is 4. The van der Waals surface area contributed by atoms with Gasteiger partial charge in [0.2, 0.25) is 0 Å². The molecule has 0 aliphatic carbocycles. The van der Waals surface area contributed by atoms with E-state index in [9.17, 15) is 21.9 Å². The predicted octanol–water partition coefficient (Wildman–Crippen LogP) is 3.46. The summed E-state index contributed by atoms with van der Waals surface area (Å²) in [5, 5.41) is 11.8. The molecule has 30 heavy (non-hydrogen) atoms. The summed E-state index contributed by atoms with van der Waals surface area (Å²) in [6.07, 6.45) is 0. The Morgan fingerprint density at radius 3 is 2.00 bits per heavy atom. The summed E-state index contributed by atoms with van der Waals surface area (Å²) in [6, 6.07) is 18.7. The third-order valence-corrected chi connectivity index (χ3v) is 6.00. The number of phenols is 1. The van der Waals surface area contributed by atoms with Crippen molar-refractivity contribution in [3.05, 3.63) is 72.8 Å². The van der Waals surface area contributed by atoms with Crippen molar-refractivity contribution in [1.29, 1.82) is 0 Å². The van der Waals surface area contributed by atoms with Crippen molar-refractivity contribution in [3.63, 3.8) is 0 Å². The van der Waals surface area contributed by atoms with Crippen LogP contribution < -0.4 is 5.73 Å². The molecule has 4 rings (SSSR count). The predicted molar refractivity (Wildman–Crippen MR) is 114 cm³/mol. The highest BCUT2D eigenvalue weighted by Gasteiger charge is 2.13. The van der Waals surface area contributed by atoms with E-state index in [1.807, 2.05) is 6.07 Å². The summed E-state index contributed by atoms with van der Waals surface area (Å²) < 4.78 is 61.7. The summed E-state index contributed by atoms with van der Waals surface area (Å²) >= 11 is 0. The first-order chi connectivity index (χ1) is 14.0. The maximum Gasteiger partial charge on any atom is 0.295 e. The van der Waals surface area contributed by atoms with Gasteiger partial charge in [0.05, 0.1) is 4.90 Å². The van der Waals surface area contributed by atoms with E-state index in [1.54, 1.807) is 42.5 Å². The van der Waals surface area contributed by atoms with Gasteiger partial charge in [0, 0.05) is 22.5 Å². The van der Waals surface area contributed by atoms with Gasteiger partial charge in [-0.1, -0.05) is 36.4 Å². The average Bonchev–Trinajstić information content (AvgIpc) is 2.66. The molecular formula is C20H17NO7S2. The van der Waals surface area contributed by atoms with Crippen LogP contribution in [-0.4, -0.2) is 31.0 Å². The first-order valence-corrected chi connectivity index (χ1v) is 11.3. The lowest BCUT2D eigenvalue weighted by molar-refractivity contribution is 0.471. The number of hydrogen-bond acceptors (Lipinski definition) is 6. The standard InChI is InChI=1S/C10H9NO4S.C10H8O3S/c11-7-1-2-9-6(3-7)4-8(5-10(9)12)16(13,14)15;11-14(12,13)10-7-3-5-8-4-1-2-6-9(8)10/h1-5,12H,11H2,(H,13,14,15);1-7H,(H,11,12,13). The molecule has 0 radical (unpaired) electrons. The molecule has 0 amide bonds. The average molecular weight is 447 g/mol. The smallest absolute Gasteiger partial charge is 0.295 e. The molecule has 0 fully saturated rings. The molecule has 0 spiro atoms. The van der Waals surface area contributed by atoms with Crippen LogP contribution in [0.2, 0.25) is 0 Å².